The number of rotatable bonds is 4. The molecule has 0 aliphatic rings. The van der Waals surface area contributed by atoms with Crippen LogP contribution in [-0.2, 0) is 6.18 Å². The van der Waals surface area contributed by atoms with Crippen LogP contribution >= 0.6 is 0 Å². The van der Waals surface area contributed by atoms with E-state index in [2.05, 4.69) is 0 Å². The zero-order valence-corrected chi connectivity index (χ0v) is 9.85. The van der Waals surface area contributed by atoms with E-state index in [1.54, 1.807) is 12.1 Å². The summed E-state index contributed by atoms with van der Waals surface area (Å²) < 4.78 is 47.4. The van der Waals surface area contributed by atoms with Crippen LogP contribution in [0.3, 0.4) is 0 Å². The first-order valence-electron chi connectivity index (χ1n) is 5.53. The van der Waals surface area contributed by atoms with Gasteiger partial charge in [-0.1, -0.05) is 18.2 Å². The summed E-state index contributed by atoms with van der Waals surface area (Å²) in [5.74, 6) is 0.957. The Morgan fingerprint density at radius 1 is 0.737 bits per heavy atom. The molecule has 0 aliphatic heterocycles. The number of para-hydroxylation sites is 1. The molecule has 0 aliphatic carbocycles. The van der Waals surface area contributed by atoms with Gasteiger partial charge in [0.25, 0.3) is 0 Å². The first-order chi connectivity index (χ1) is 9.05. The SMILES string of the molecule is FC(F)(F)c1ccc(OBOc2ccccc2)cc1. The van der Waals surface area contributed by atoms with Crippen LogP contribution < -0.4 is 9.31 Å². The van der Waals surface area contributed by atoms with Crippen molar-refractivity contribution in [3.63, 3.8) is 0 Å². The molecule has 2 rings (SSSR count). The summed E-state index contributed by atoms with van der Waals surface area (Å²) in [6, 6.07) is 13.5. The zero-order chi connectivity index (χ0) is 13.7. The predicted molar refractivity (Wildman–Crippen MR) is 66.3 cm³/mol. The Balaban J connectivity index is 1.87. The maximum Gasteiger partial charge on any atom is 0.576 e. The first kappa shape index (κ1) is 13.3. The minimum absolute atomic E-state index is 0.0601. The minimum Gasteiger partial charge on any atom is -0.529 e. The average Bonchev–Trinajstić information content (AvgIpc) is 2.39. The molecule has 0 fully saturated rings. The lowest BCUT2D eigenvalue weighted by Crippen LogP contribution is -2.11. The van der Waals surface area contributed by atoms with Crippen LogP contribution in [-0.4, -0.2) is 7.69 Å². The summed E-state index contributed by atoms with van der Waals surface area (Å²) >= 11 is 0. The standard InChI is InChI=1S/C13H10BF3O2/c15-13(16,17)10-6-8-12(9-7-10)19-14-18-11-4-2-1-3-5-11/h1-9,14H. The van der Waals surface area contributed by atoms with Crippen molar-refractivity contribution in [3.8, 4) is 11.5 Å². The first-order valence-corrected chi connectivity index (χ1v) is 5.53. The number of hydrogen-bond acceptors (Lipinski definition) is 2. The average molecular weight is 266 g/mol. The summed E-state index contributed by atoms with van der Waals surface area (Å²) in [6.45, 7) is 0. The monoisotopic (exact) mass is 266 g/mol. The summed E-state index contributed by atoms with van der Waals surface area (Å²) in [4.78, 5) is 0. The maximum absolute atomic E-state index is 12.3. The van der Waals surface area contributed by atoms with E-state index >= 15 is 0 Å². The van der Waals surface area contributed by atoms with Crippen LogP contribution in [0.5, 0.6) is 11.5 Å². The lowest BCUT2D eigenvalue weighted by Gasteiger charge is -2.09. The smallest absolute Gasteiger partial charge is 0.529 e. The highest BCUT2D eigenvalue weighted by Crippen LogP contribution is 2.30. The Hall–Kier alpha value is -2.11. The van der Waals surface area contributed by atoms with Gasteiger partial charge in [0.2, 0.25) is 0 Å². The Bertz CT molecular complexity index is 512. The zero-order valence-electron chi connectivity index (χ0n) is 9.85. The molecule has 19 heavy (non-hydrogen) atoms. The highest BCUT2D eigenvalue weighted by Gasteiger charge is 2.29. The molecule has 0 saturated heterocycles. The molecule has 0 spiro atoms. The third-order valence-electron chi connectivity index (χ3n) is 2.38. The van der Waals surface area contributed by atoms with Gasteiger partial charge in [-0.2, -0.15) is 13.2 Å². The van der Waals surface area contributed by atoms with E-state index in [1.807, 2.05) is 18.2 Å². The van der Waals surface area contributed by atoms with E-state index in [4.69, 9.17) is 9.31 Å². The lowest BCUT2D eigenvalue weighted by molar-refractivity contribution is -0.137. The van der Waals surface area contributed by atoms with Gasteiger partial charge in [-0.25, -0.2) is 0 Å². The van der Waals surface area contributed by atoms with Crippen molar-refractivity contribution in [2.75, 3.05) is 0 Å². The Kier molecular flexibility index (Phi) is 3.99. The van der Waals surface area contributed by atoms with Crippen molar-refractivity contribution in [2.24, 2.45) is 0 Å². The van der Waals surface area contributed by atoms with Gasteiger partial charge < -0.3 is 9.31 Å². The third-order valence-corrected chi connectivity index (χ3v) is 2.38. The Morgan fingerprint density at radius 2 is 1.26 bits per heavy atom. The second-order valence-electron chi connectivity index (χ2n) is 3.74. The molecule has 0 atom stereocenters. The molecule has 6 heteroatoms. The van der Waals surface area contributed by atoms with Gasteiger partial charge >= 0.3 is 13.9 Å². The van der Waals surface area contributed by atoms with Gasteiger partial charge in [0, 0.05) is 0 Å². The molecule has 0 amide bonds. The molecule has 98 valence electrons. The van der Waals surface area contributed by atoms with Gasteiger partial charge in [-0.05, 0) is 36.4 Å². The van der Waals surface area contributed by atoms with Gasteiger partial charge in [0.1, 0.15) is 11.5 Å². The van der Waals surface area contributed by atoms with Gasteiger partial charge in [-0.3, -0.25) is 0 Å². The van der Waals surface area contributed by atoms with E-state index in [0.717, 1.165) is 12.1 Å². The van der Waals surface area contributed by atoms with Gasteiger partial charge in [0.15, 0.2) is 0 Å². The number of halogens is 3. The maximum atomic E-state index is 12.3. The molecule has 2 aromatic carbocycles. The summed E-state index contributed by atoms with van der Waals surface area (Å²) in [5.41, 5.74) is -0.705. The summed E-state index contributed by atoms with van der Waals surface area (Å²) in [5, 5.41) is 0. The minimum atomic E-state index is -4.33. The van der Waals surface area contributed by atoms with Gasteiger partial charge in [0.05, 0.1) is 5.56 Å². The van der Waals surface area contributed by atoms with Crippen LogP contribution in [0.25, 0.3) is 0 Å². The fourth-order valence-corrected chi connectivity index (χ4v) is 1.42. The van der Waals surface area contributed by atoms with Crippen molar-refractivity contribution in [2.45, 2.75) is 6.18 Å². The van der Waals surface area contributed by atoms with Crippen molar-refractivity contribution in [3.05, 3.63) is 60.2 Å². The van der Waals surface area contributed by atoms with Crippen molar-refractivity contribution in [1.29, 1.82) is 0 Å². The highest BCUT2D eigenvalue weighted by molar-refractivity contribution is 6.20. The lowest BCUT2D eigenvalue weighted by atomic mass is 10.2. The molecule has 0 aromatic heterocycles. The van der Waals surface area contributed by atoms with Crippen molar-refractivity contribution >= 4 is 7.69 Å². The molecular formula is C13H10BF3O2. The fraction of sp³-hybridized carbons (Fsp3) is 0.0769. The largest absolute Gasteiger partial charge is 0.576 e. The van der Waals surface area contributed by atoms with Crippen LogP contribution in [0.1, 0.15) is 5.56 Å². The molecule has 2 nitrogen and oxygen atoms in total. The Labute approximate surface area is 109 Å². The van der Waals surface area contributed by atoms with E-state index in [0.29, 0.717) is 11.5 Å². The molecule has 0 radical (unpaired) electrons. The molecular weight excluding hydrogens is 256 g/mol. The van der Waals surface area contributed by atoms with Crippen LogP contribution in [0.15, 0.2) is 54.6 Å². The van der Waals surface area contributed by atoms with Crippen molar-refractivity contribution < 1.29 is 22.5 Å². The van der Waals surface area contributed by atoms with Crippen LogP contribution in [0.2, 0.25) is 0 Å². The highest BCUT2D eigenvalue weighted by atomic mass is 19.4. The van der Waals surface area contributed by atoms with Crippen LogP contribution in [0, 0.1) is 0 Å². The molecule has 2 aromatic rings. The van der Waals surface area contributed by atoms with Crippen LogP contribution in [0.4, 0.5) is 13.2 Å². The van der Waals surface area contributed by atoms with E-state index in [1.165, 1.54) is 12.1 Å². The Morgan fingerprint density at radius 3 is 1.79 bits per heavy atom. The molecule has 0 N–H and O–H groups in total. The second-order valence-corrected chi connectivity index (χ2v) is 3.74. The normalized spacial score (nSPS) is 10.9. The number of alkyl halides is 3. The topological polar surface area (TPSA) is 18.5 Å². The van der Waals surface area contributed by atoms with E-state index in [-0.39, 0.29) is 7.69 Å². The summed E-state index contributed by atoms with van der Waals surface area (Å²) in [6.07, 6.45) is -4.33. The molecule has 0 saturated carbocycles. The third kappa shape index (κ3) is 3.94. The van der Waals surface area contributed by atoms with E-state index in [9.17, 15) is 13.2 Å². The quantitative estimate of drug-likeness (QED) is 0.789. The van der Waals surface area contributed by atoms with Gasteiger partial charge in [-0.15, -0.1) is 0 Å². The number of hydrogen-bond donors (Lipinski definition) is 0. The summed E-state index contributed by atoms with van der Waals surface area (Å²) in [7, 11) is -0.0601. The predicted octanol–water partition coefficient (Wildman–Crippen LogP) is 3.43. The second kappa shape index (κ2) is 5.69. The molecule has 0 unspecified atom stereocenters. The number of benzene rings is 2. The molecule has 0 bridgehead atoms. The fourth-order valence-electron chi connectivity index (χ4n) is 1.42. The molecule has 0 heterocycles. The van der Waals surface area contributed by atoms with E-state index < -0.39 is 11.7 Å². The van der Waals surface area contributed by atoms with Crippen molar-refractivity contribution in [1.82, 2.24) is 0 Å².